The van der Waals surface area contributed by atoms with Crippen molar-refractivity contribution in [2.75, 3.05) is 18.5 Å². The minimum Gasteiger partial charge on any atom is -0.372 e. The first-order valence-electron chi connectivity index (χ1n) is 7.81. The van der Waals surface area contributed by atoms with Gasteiger partial charge in [-0.05, 0) is 49.8 Å². The number of hydrogen-bond donors (Lipinski definition) is 1. The highest BCUT2D eigenvalue weighted by atomic mass is 19.1. The van der Waals surface area contributed by atoms with Gasteiger partial charge in [0.15, 0.2) is 0 Å². The summed E-state index contributed by atoms with van der Waals surface area (Å²) in [5.41, 5.74) is 7.45. The van der Waals surface area contributed by atoms with Crippen molar-refractivity contribution in [2.24, 2.45) is 11.7 Å². The Morgan fingerprint density at radius 3 is 2.60 bits per heavy atom. The van der Waals surface area contributed by atoms with E-state index in [0.717, 1.165) is 24.4 Å². The van der Waals surface area contributed by atoms with E-state index in [1.54, 1.807) is 6.07 Å². The molecule has 0 saturated heterocycles. The standard InChI is InChI=1S/C17H27FN2/c1-13(19)10-15-8-9-17(16(18)11-15)20(2)12-14-6-4-3-5-7-14/h8-9,11,13-14H,3-7,10,12,19H2,1-2H3. The largest absolute Gasteiger partial charge is 0.372 e. The van der Waals surface area contributed by atoms with E-state index in [4.69, 9.17) is 5.73 Å². The van der Waals surface area contributed by atoms with Crippen molar-refractivity contribution >= 4 is 5.69 Å². The molecule has 1 atom stereocenters. The first-order valence-corrected chi connectivity index (χ1v) is 7.81. The van der Waals surface area contributed by atoms with E-state index in [1.807, 2.05) is 26.1 Å². The Hall–Kier alpha value is -1.09. The number of nitrogens with zero attached hydrogens (tertiary/aromatic N) is 1. The average Bonchev–Trinajstić information content (AvgIpc) is 2.39. The Balaban J connectivity index is 2.00. The summed E-state index contributed by atoms with van der Waals surface area (Å²) in [7, 11) is 2.00. The fraction of sp³-hybridized carbons (Fsp3) is 0.647. The van der Waals surface area contributed by atoms with E-state index >= 15 is 0 Å². The van der Waals surface area contributed by atoms with E-state index in [2.05, 4.69) is 4.90 Å². The molecule has 20 heavy (non-hydrogen) atoms. The molecule has 0 aromatic heterocycles. The molecule has 0 spiro atoms. The number of hydrogen-bond acceptors (Lipinski definition) is 2. The van der Waals surface area contributed by atoms with Crippen LogP contribution in [0.2, 0.25) is 0 Å². The highest BCUT2D eigenvalue weighted by Crippen LogP contribution is 2.27. The highest BCUT2D eigenvalue weighted by Gasteiger charge is 2.17. The van der Waals surface area contributed by atoms with Crippen LogP contribution in [0.5, 0.6) is 0 Å². The predicted octanol–water partition coefficient (Wildman–Crippen LogP) is 3.73. The summed E-state index contributed by atoms with van der Waals surface area (Å²) >= 11 is 0. The number of rotatable bonds is 5. The number of halogens is 1. The molecule has 2 nitrogen and oxygen atoms in total. The lowest BCUT2D eigenvalue weighted by Crippen LogP contribution is -2.27. The van der Waals surface area contributed by atoms with Crippen LogP contribution in [-0.2, 0) is 6.42 Å². The summed E-state index contributed by atoms with van der Waals surface area (Å²) in [4.78, 5) is 2.07. The predicted molar refractivity (Wildman–Crippen MR) is 83.6 cm³/mol. The van der Waals surface area contributed by atoms with E-state index < -0.39 is 0 Å². The smallest absolute Gasteiger partial charge is 0.146 e. The topological polar surface area (TPSA) is 29.3 Å². The molecule has 2 rings (SSSR count). The van der Waals surface area contributed by atoms with E-state index in [-0.39, 0.29) is 11.9 Å². The van der Waals surface area contributed by atoms with Crippen LogP contribution in [0.25, 0.3) is 0 Å². The van der Waals surface area contributed by atoms with Gasteiger partial charge in [-0.25, -0.2) is 4.39 Å². The van der Waals surface area contributed by atoms with E-state index in [9.17, 15) is 4.39 Å². The van der Waals surface area contributed by atoms with E-state index in [1.165, 1.54) is 32.1 Å². The normalized spacial score (nSPS) is 18.0. The highest BCUT2D eigenvalue weighted by molar-refractivity contribution is 5.48. The van der Waals surface area contributed by atoms with Crippen LogP contribution in [0.1, 0.15) is 44.6 Å². The third-order valence-electron chi connectivity index (χ3n) is 4.24. The van der Waals surface area contributed by atoms with Gasteiger partial charge in [0.2, 0.25) is 0 Å². The fourth-order valence-electron chi connectivity index (χ4n) is 3.21. The third-order valence-corrected chi connectivity index (χ3v) is 4.24. The van der Waals surface area contributed by atoms with Crippen LogP contribution < -0.4 is 10.6 Å². The molecular weight excluding hydrogens is 251 g/mol. The fourth-order valence-corrected chi connectivity index (χ4v) is 3.21. The Labute approximate surface area is 122 Å². The van der Waals surface area contributed by atoms with Gasteiger partial charge in [0, 0.05) is 19.6 Å². The Morgan fingerprint density at radius 1 is 1.30 bits per heavy atom. The van der Waals surface area contributed by atoms with Crippen LogP contribution in [0.3, 0.4) is 0 Å². The van der Waals surface area contributed by atoms with Crippen molar-refractivity contribution in [1.29, 1.82) is 0 Å². The second-order valence-corrected chi connectivity index (χ2v) is 6.35. The van der Waals surface area contributed by atoms with Crippen LogP contribution in [0, 0.1) is 11.7 Å². The molecule has 0 heterocycles. The molecular formula is C17H27FN2. The van der Waals surface area contributed by atoms with Gasteiger partial charge in [0.05, 0.1) is 5.69 Å². The molecule has 112 valence electrons. The quantitative estimate of drug-likeness (QED) is 0.889. The summed E-state index contributed by atoms with van der Waals surface area (Å²) in [5, 5.41) is 0. The molecule has 0 amide bonds. The van der Waals surface area contributed by atoms with Crippen molar-refractivity contribution in [2.45, 2.75) is 51.5 Å². The number of nitrogens with two attached hydrogens (primary N) is 1. The van der Waals surface area contributed by atoms with Crippen molar-refractivity contribution in [1.82, 2.24) is 0 Å². The summed E-state index contributed by atoms with van der Waals surface area (Å²) in [6.07, 6.45) is 7.32. The van der Waals surface area contributed by atoms with Crippen LogP contribution in [0.15, 0.2) is 18.2 Å². The maximum Gasteiger partial charge on any atom is 0.146 e. The molecule has 0 radical (unpaired) electrons. The molecule has 1 aliphatic rings. The lowest BCUT2D eigenvalue weighted by molar-refractivity contribution is 0.361. The molecule has 2 N–H and O–H groups in total. The number of benzene rings is 1. The molecule has 1 fully saturated rings. The molecule has 1 unspecified atom stereocenters. The molecule has 0 aliphatic heterocycles. The zero-order valence-electron chi connectivity index (χ0n) is 12.7. The summed E-state index contributed by atoms with van der Waals surface area (Å²) < 4.78 is 14.2. The van der Waals surface area contributed by atoms with Gasteiger partial charge >= 0.3 is 0 Å². The molecule has 0 bridgehead atoms. The SMILES string of the molecule is CC(N)Cc1ccc(N(C)CC2CCCCC2)c(F)c1. The van der Waals surface area contributed by atoms with Crippen LogP contribution >= 0.6 is 0 Å². The Kier molecular flexibility index (Phi) is 5.41. The number of anilines is 1. The minimum atomic E-state index is -0.124. The van der Waals surface area contributed by atoms with Gasteiger partial charge in [-0.3, -0.25) is 0 Å². The zero-order valence-corrected chi connectivity index (χ0v) is 12.7. The maximum atomic E-state index is 14.2. The molecule has 1 saturated carbocycles. The average molecular weight is 278 g/mol. The lowest BCUT2D eigenvalue weighted by atomic mass is 9.89. The van der Waals surface area contributed by atoms with Gasteiger partial charge in [-0.1, -0.05) is 25.3 Å². The van der Waals surface area contributed by atoms with Gasteiger partial charge in [0.1, 0.15) is 5.82 Å². The first kappa shape index (κ1) is 15.3. The zero-order chi connectivity index (χ0) is 14.5. The molecule has 1 aromatic rings. The van der Waals surface area contributed by atoms with Crippen molar-refractivity contribution in [3.63, 3.8) is 0 Å². The Bertz CT molecular complexity index is 425. The molecule has 3 heteroatoms. The van der Waals surface area contributed by atoms with Gasteiger partial charge < -0.3 is 10.6 Å². The first-order chi connectivity index (χ1) is 9.56. The van der Waals surface area contributed by atoms with E-state index in [0.29, 0.717) is 5.69 Å². The Morgan fingerprint density at radius 2 is 2.00 bits per heavy atom. The summed E-state index contributed by atoms with van der Waals surface area (Å²) in [6, 6.07) is 5.60. The van der Waals surface area contributed by atoms with Gasteiger partial charge in [0.25, 0.3) is 0 Å². The van der Waals surface area contributed by atoms with Crippen molar-refractivity contribution in [3.8, 4) is 0 Å². The van der Waals surface area contributed by atoms with Gasteiger partial charge in [-0.2, -0.15) is 0 Å². The van der Waals surface area contributed by atoms with Crippen LogP contribution in [0.4, 0.5) is 10.1 Å². The summed E-state index contributed by atoms with van der Waals surface area (Å²) in [5.74, 6) is 0.596. The van der Waals surface area contributed by atoms with Gasteiger partial charge in [-0.15, -0.1) is 0 Å². The lowest BCUT2D eigenvalue weighted by Gasteiger charge is -2.28. The third kappa shape index (κ3) is 4.20. The monoisotopic (exact) mass is 278 g/mol. The molecule has 1 aliphatic carbocycles. The van der Waals surface area contributed by atoms with Crippen molar-refractivity contribution in [3.05, 3.63) is 29.6 Å². The van der Waals surface area contributed by atoms with Crippen molar-refractivity contribution < 1.29 is 4.39 Å². The maximum absolute atomic E-state index is 14.2. The van der Waals surface area contributed by atoms with Crippen LogP contribution in [-0.4, -0.2) is 19.6 Å². The minimum absolute atomic E-state index is 0.0696. The second kappa shape index (κ2) is 7.07. The second-order valence-electron chi connectivity index (χ2n) is 6.35. The summed E-state index contributed by atoms with van der Waals surface area (Å²) in [6.45, 7) is 2.91. The molecule has 1 aromatic carbocycles.